The zero-order chi connectivity index (χ0) is 12.5. The molecular weight excluding hydrogens is 262 g/mol. The third-order valence-electron chi connectivity index (χ3n) is 2.57. The fourth-order valence-corrected chi connectivity index (χ4v) is 3.30. The van der Waals surface area contributed by atoms with Gasteiger partial charge in [0, 0.05) is 16.5 Å². The van der Waals surface area contributed by atoms with Crippen molar-refractivity contribution < 1.29 is 0 Å². The summed E-state index contributed by atoms with van der Waals surface area (Å²) in [5.74, 6) is 0. The van der Waals surface area contributed by atoms with Crippen LogP contribution in [0.2, 0.25) is 0 Å². The zero-order valence-corrected chi connectivity index (χ0v) is 11.3. The molecule has 0 N–H and O–H groups in total. The summed E-state index contributed by atoms with van der Waals surface area (Å²) in [5.41, 5.74) is 1.84. The van der Waals surface area contributed by atoms with Crippen LogP contribution in [0.3, 0.4) is 0 Å². The Morgan fingerprint density at radius 2 is 2.11 bits per heavy atom. The molecule has 0 amide bonds. The number of hydrogen-bond acceptors (Lipinski definition) is 4. The molecule has 88 valence electrons. The third kappa shape index (κ3) is 1.90. The molecule has 2 aromatic heterocycles. The van der Waals surface area contributed by atoms with Gasteiger partial charge in [0.25, 0.3) is 0 Å². The first-order chi connectivity index (χ1) is 8.78. The van der Waals surface area contributed by atoms with Crippen LogP contribution >= 0.6 is 23.1 Å². The summed E-state index contributed by atoms with van der Waals surface area (Å²) in [7, 11) is 0. The Hall–Kier alpha value is -1.77. The highest BCUT2D eigenvalue weighted by molar-refractivity contribution is 7.99. The highest BCUT2D eigenvalue weighted by Crippen LogP contribution is 2.31. The van der Waals surface area contributed by atoms with Gasteiger partial charge in [0.2, 0.25) is 0 Å². The van der Waals surface area contributed by atoms with Crippen molar-refractivity contribution in [3.8, 4) is 6.07 Å². The van der Waals surface area contributed by atoms with E-state index in [4.69, 9.17) is 0 Å². The average Bonchev–Trinajstić information content (AvgIpc) is 2.92. The summed E-state index contributed by atoms with van der Waals surface area (Å²) >= 11 is 3.07. The lowest BCUT2D eigenvalue weighted by molar-refractivity contribution is 1.14. The maximum atomic E-state index is 9.23. The molecule has 3 rings (SSSR count). The lowest BCUT2D eigenvalue weighted by Gasteiger charge is -1.99. The summed E-state index contributed by atoms with van der Waals surface area (Å²) in [5, 5.41) is 11.9. The van der Waals surface area contributed by atoms with Crippen LogP contribution in [0.5, 0.6) is 0 Å². The van der Waals surface area contributed by atoms with Crippen LogP contribution in [-0.2, 0) is 0 Å². The van der Waals surface area contributed by atoms with Crippen molar-refractivity contribution in [1.82, 2.24) is 9.38 Å². The summed E-state index contributed by atoms with van der Waals surface area (Å²) in [6, 6.07) is 10.4. The number of nitrogens with zero attached hydrogens (tertiary/aromatic N) is 3. The average molecular weight is 271 g/mol. The van der Waals surface area contributed by atoms with Crippen LogP contribution in [0.25, 0.3) is 4.96 Å². The van der Waals surface area contributed by atoms with E-state index >= 15 is 0 Å². The molecule has 3 nitrogen and oxygen atoms in total. The quantitative estimate of drug-likeness (QED) is 0.713. The first-order valence-electron chi connectivity index (χ1n) is 5.38. The molecule has 0 saturated carbocycles. The standard InChI is InChI=1S/C13H9N3S2/c1-9-2-4-10(5-3-9)18-12-11(8-14)16-6-7-17-13(16)15-12/h2-7H,1H3. The molecule has 0 saturated heterocycles. The van der Waals surface area contributed by atoms with E-state index in [0.29, 0.717) is 5.69 Å². The predicted molar refractivity (Wildman–Crippen MR) is 73.1 cm³/mol. The van der Waals surface area contributed by atoms with Crippen molar-refractivity contribution >= 4 is 28.1 Å². The fraction of sp³-hybridized carbons (Fsp3) is 0.0769. The summed E-state index contributed by atoms with van der Waals surface area (Å²) in [6.07, 6.45) is 1.88. The van der Waals surface area contributed by atoms with Crippen LogP contribution in [0.1, 0.15) is 11.3 Å². The Labute approximate surface area is 113 Å². The van der Waals surface area contributed by atoms with E-state index < -0.39 is 0 Å². The molecule has 0 atom stereocenters. The molecule has 5 heteroatoms. The minimum Gasteiger partial charge on any atom is -0.281 e. The molecule has 0 fully saturated rings. The molecule has 0 unspecified atom stereocenters. The smallest absolute Gasteiger partial charge is 0.195 e. The largest absolute Gasteiger partial charge is 0.281 e. The van der Waals surface area contributed by atoms with Gasteiger partial charge in [-0.15, -0.1) is 11.3 Å². The molecule has 0 aliphatic rings. The van der Waals surface area contributed by atoms with Crippen LogP contribution in [-0.4, -0.2) is 9.38 Å². The van der Waals surface area contributed by atoms with E-state index in [-0.39, 0.29) is 0 Å². The predicted octanol–water partition coefficient (Wildman–Crippen LogP) is 3.73. The van der Waals surface area contributed by atoms with Gasteiger partial charge in [-0.25, -0.2) is 4.98 Å². The summed E-state index contributed by atoms with van der Waals surface area (Å²) in [6.45, 7) is 2.06. The zero-order valence-electron chi connectivity index (χ0n) is 9.62. The summed E-state index contributed by atoms with van der Waals surface area (Å²) in [4.78, 5) is 6.45. The van der Waals surface area contributed by atoms with Gasteiger partial charge in [0.05, 0.1) is 0 Å². The highest BCUT2D eigenvalue weighted by Gasteiger charge is 2.13. The van der Waals surface area contributed by atoms with E-state index in [0.717, 1.165) is 14.9 Å². The van der Waals surface area contributed by atoms with Gasteiger partial charge >= 0.3 is 0 Å². The maximum absolute atomic E-state index is 9.23. The topological polar surface area (TPSA) is 41.1 Å². The van der Waals surface area contributed by atoms with Crippen molar-refractivity contribution in [3.63, 3.8) is 0 Å². The fourth-order valence-electron chi connectivity index (χ4n) is 1.66. The highest BCUT2D eigenvalue weighted by atomic mass is 32.2. The lowest BCUT2D eigenvalue weighted by Crippen LogP contribution is -1.83. The van der Waals surface area contributed by atoms with E-state index in [9.17, 15) is 5.26 Å². The number of thiazole rings is 1. The lowest BCUT2D eigenvalue weighted by atomic mass is 10.2. The first-order valence-corrected chi connectivity index (χ1v) is 7.08. The Balaban J connectivity index is 2.02. The van der Waals surface area contributed by atoms with Gasteiger partial charge in [-0.05, 0) is 19.1 Å². The minimum atomic E-state index is 0.608. The molecule has 1 aromatic carbocycles. The Kier molecular flexibility index (Phi) is 2.82. The molecule has 0 aliphatic heterocycles. The van der Waals surface area contributed by atoms with E-state index in [1.54, 1.807) is 0 Å². The Morgan fingerprint density at radius 3 is 2.83 bits per heavy atom. The number of aryl methyl sites for hydroxylation is 1. The number of nitriles is 1. The van der Waals surface area contributed by atoms with Crippen LogP contribution in [0.15, 0.2) is 45.8 Å². The second kappa shape index (κ2) is 4.48. The van der Waals surface area contributed by atoms with Crippen LogP contribution < -0.4 is 0 Å². The van der Waals surface area contributed by atoms with Gasteiger partial charge in [-0.1, -0.05) is 29.5 Å². The molecule has 0 bridgehead atoms. The van der Waals surface area contributed by atoms with Gasteiger partial charge in [-0.2, -0.15) is 5.26 Å². The van der Waals surface area contributed by atoms with Crippen LogP contribution in [0, 0.1) is 18.3 Å². The minimum absolute atomic E-state index is 0.608. The van der Waals surface area contributed by atoms with Crippen molar-refractivity contribution in [2.45, 2.75) is 16.8 Å². The van der Waals surface area contributed by atoms with Gasteiger partial charge in [0.15, 0.2) is 10.7 Å². The Morgan fingerprint density at radius 1 is 1.33 bits per heavy atom. The second-order valence-corrected chi connectivity index (χ2v) is 5.78. The maximum Gasteiger partial charge on any atom is 0.195 e. The van der Waals surface area contributed by atoms with Crippen molar-refractivity contribution in [2.75, 3.05) is 0 Å². The normalized spacial score (nSPS) is 10.7. The van der Waals surface area contributed by atoms with Crippen LogP contribution in [0.4, 0.5) is 0 Å². The second-order valence-electron chi connectivity index (χ2n) is 3.85. The molecule has 18 heavy (non-hydrogen) atoms. The number of benzene rings is 1. The van der Waals surface area contributed by atoms with Gasteiger partial charge in [0.1, 0.15) is 11.1 Å². The molecule has 3 aromatic rings. The van der Waals surface area contributed by atoms with E-state index in [1.807, 2.05) is 16.0 Å². The van der Waals surface area contributed by atoms with Gasteiger partial charge < -0.3 is 0 Å². The van der Waals surface area contributed by atoms with Crippen molar-refractivity contribution in [3.05, 3.63) is 47.1 Å². The molecule has 2 heterocycles. The number of imidazole rings is 1. The first kappa shape index (κ1) is 11.3. The Bertz CT molecular complexity index is 732. The molecule has 0 radical (unpaired) electrons. The van der Waals surface area contributed by atoms with E-state index in [1.165, 1.54) is 28.7 Å². The molecule has 0 aliphatic carbocycles. The number of hydrogen-bond donors (Lipinski definition) is 0. The number of aromatic nitrogens is 2. The van der Waals surface area contributed by atoms with E-state index in [2.05, 4.69) is 42.2 Å². The monoisotopic (exact) mass is 271 g/mol. The molecule has 0 spiro atoms. The molecular formula is C13H9N3S2. The number of rotatable bonds is 2. The summed E-state index contributed by atoms with van der Waals surface area (Å²) < 4.78 is 1.83. The third-order valence-corrected chi connectivity index (χ3v) is 4.31. The van der Waals surface area contributed by atoms with Crippen molar-refractivity contribution in [2.24, 2.45) is 0 Å². The van der Waals surface area contributed by atoms with Gasteiger partial charge in [-0.3, -0.25) is 4.40 Å². The number of fused-ring (bicyclic) bond motifs is 1. The van der Waals surface area contributed by atoms with Crippen molar-refractivity contribution in [1.29, 1.82) is 5.26 Å². The SMILES string of the molecule is Cc1ccc(Sc2nc3sccn3c2C#N)cc1.